The SMILES string of the molecule is CSCCC(NC(N)=O)C(=O)NCC(C)CO. The Kier molecular flexibility index (Phi) is 8.61. The number of primary amides is 1. The van der Waals surface area contributed by atoms with E-state index in [1.807, 2.05) is 13.2 Å². The number of nitrogens with one attached hydrogen (secondary N) is 2. The van der Waals surface area contributed by atoms with Crippen molar-refractivity contribution in [1.82, 2.24) is 10.6 Å². The molecular weight excluding hydrogens is 242 g/mol. The minimum Gasteiger partial charge on any atom is -0.396 e. The lowest BCUT2D eigenvalue weighted by atomic mass is 10.1. The number of rotatable bonds is 8. The molecule has 6 nitrogen and oxygen atoms in total. The van der Waals surface area contributed by atoms with Gasteiger partial charge >= 0.3 is 6.03 Å². The van der Waals surface area contributed by atoms with E-state index in [1.54, 1.807) is 11.8 Å². The quantitative estimate of drug-likeness (QED) is 0.475. The predicted molar refractivity (Wildman–Crippen MR) is 68.8 cm³/mol. The molecule has 0 aliphatic heterocycles. The van der Waals surface area contributed by atoms with Crippen molar-refractivity contribution in [3.05, 3.63) is 0 Å². The van der Waals surface area contributed by atoms with Gasteiger partial charge in [0.05, 0.1) is 0 Å². The smallest absolute Gasteiger partial charge is 0.312 e. The highest BCUT2D eigenvalue weighted by Gasteiger charge is 2.19. The number of thioether (sulfide) groups is 1. The molecule has 0 aromatic rings. The van der Waals surface area contributed by atoms with Crippen LogP contribution in [0.15, 0.2) is 0 Å². The molecule has 0 saturated heterocycles. The molecule has 0 spiro atoms. The average molecular weight is 263 g/mol. The van der Waals surface area contributed by atoms with E-state index in [-0.39, 0.29) is 18.4 Å². The zero-order valence-corrected chi connectivity index (χ0v) is 11.0. The number of aliphatic hydroxyl groups is 1. The summed E-state index contributed by atoms with van der Waals surface area (Å²) in [6.45, 7) is 2.21. The second-order valence-corrected chi connectivity index (χ2v) is 4.86. The zero-order chi connectivity index (χ0) is 13.3. The second kappa shape index (κ2) is 9.12. The molecule has 17 heavy (non-hydrogen) atoms. The fraction of sp³-hybridized carbons (Fsp3) is 0.800. The largest absolute Gasteiger partial charge is 0.396 e. The average Bonchev–Trinajstić information content (AvgIpc) is 2.30. The van der Waals surface area contributed by atoms with Crippen LogP contribution in [0.4, 0.5) is 4.79 Å². The highest BCUT2D eigenvalue weighted by Crippen LogP contribution is 2.01. The summed E-state index contributed by atoms with van der Waals surface area (Å²) in [7, 11) is 0. The van der Waals surface area contributed by atoms with Gasteiger partial charge in [-0.15, -0.1) is 0 Å². The highest BCUT2D eigenvalue weighted by molar-refractivity contribution is 7.98. The molecular formula is C10H21N3O3S. The van der Waals surface area contributed by atoms with Crippen LogP contribution in [-0.4, -0.2) is 48.2 Å². The summed E-state index contributed by atoms with van der Waals surface area (Å²) in [5.41, 5.74) is 5.01. The maximum atomic E-state index is 11.7. The van der Waals surface area contributed by atoms with Gasteiger partial charge in [0.15, 0.2) is 0 Å². The lowest BCUT2D eigenvalue weighted by Gasteiger charge is -2.18. The van der Waals surface area contributed by atoms with Gasteiger partial charge in [-0.25, -0.2) is 4.79 Å². The Hall–Kier alpha value is -0.950. The number of carbonyl (C=O) groups is 2. The lowest BCUT2D eigenvalue weighted by Crippen LogP contribution is -2.49. The van der Waals surface area contributed by atoms with E-state index in [9.17, 15) is 9.59 Å². The van der Waals surface area contributed by atoms with Crippen LogP contribution in [0, 0.1) is 5.92 Å². The van der Waals surface area contributed by atoms with Crippen LogP contribution in [-0.2, 0) is 4.79 Å². The molecule has 3 amide bonds. The summed E-state index contributed by atoms with van der Waals surface area (Å²) in [5.74, 6) is 0.486. The van der Waals surface area contributed by atoms with Gasteiger partial charge in [0, 0.05) is 13.2 Å². The Labute approximate surface area is 106 Å². The van der Waals surface area contributed by atoms with Crippen molar-refractivity contribution in [1.29, 1.82) is 0 Å². The number of nitrogens with two attached hydrogens (primary N) is 1. The van der Waals surface area contributed by atoms with E-state index < -0.39 is 12.1 Å². The van der Waals surface area contributed by atoms with Gasteiger partial charge in [-0.3, -0.25) is 4.79 Å². The first-order chi connectivity index (χ1) is 8.01. The summed E-state index contributed by atoms with van der Waals surface area (Å²) in [6.07, 6.45) is 2.45. The Morgan fingerprint density at radius 3 is 2.59 bits per heavy atom. The monoisotopic (exact) mass is 263 g/mol. The summed E-state index contributed by atoms with van der Waals surface area (Å²) in [4.78, 5) is 22.5. The van der Waals surface area contributed by atoms with Crippen LogP contribution >= 0.6 is 11.8 Å². The number of amides is 3. The molecule has 0 radical (unpaired) electrons. The molecule has 100 valence electrons. The van der Waals surface area contributed by atoms with E-state index in [0.717, 1.165) is 5.75 Å². The van der Waals surface area contributed by atoms with Crippen LogP contribution < -0.4 is 16.4 Å². The molecule has 0 aromatic carbocycles. The normalized spacial score (nSPS) is 13.8. The Morgan fingerprint density at radius 2 is 2.12 bits per heavy atom. The molecule has 5 N–H and O–H groups in total. The summed E-state index contributed by atoms with van der Waals surface area (Å²) < 4.78 is 0. The molecule has 0 rings (SSSR count). The molecule has 0 heterocycles. The van der Waals surface area contributed by atoms with Crippen LogP contribution in [0.3, 0.4) is 0 Å². The Morgan fingerprint density at radius 1 is 1.47 bits per heavy atom. The third-order valence-corrected chi connectivity index (χ3v) is 2.82. The fourth-order valence-electron chi connectivity index (χ4n) is 1.14. The topological polar surface area (TPSA) is 104 Å². The number of aliphatic hydroxyl groups excluding tert-OH is 1. The van der Waals surface area contributed by atoms with Crippen molar-refractivity contribution in [3.63, 3.8) is 0 Å². The van der Waals surface area contributed by atoms with E-state index in [0.29, 0.717) is 13.0 Å². The third-order valence-electron chi connectivity index (χ3n) is 2.18. The number of carbonyl (C=O) groups excluding carboxylic acids is 2. The van der Waals surface area contributed by atoms with Crippen LogP contribution in [0.25, 0.3) is 0 Å². The zero-order valence-electron chi connectivity index (χ0n) is 10.2. The molecule has 0 aromatic heterocycles. The van der Waals surface area contributed by atoms with Crippen molar-refractivity contribution in [2.24, 2.45) is 11.7 Å². The molecule has 7 heteroatoms. The van der Waals surface area contributed by atoms with Gasteiger partial charge in [0.25, 0.3) is 0 Å². The van der Waals surface area contributed by atoms with Crippen molar-refractivity contribution in [2.75, 3.05) is 25.2 Å². The summed E-state index contributed by atoms with van der Waals surface area (Å²) >= 11 is 1.59. The Balaban J connectivity index is 4.16. The third kappa shape index (κ3) is 7.87. The van der Waals surface area contributed by atoms with Crippen LogP contribution in [0.2, 0.25) is 0 Å². The number of hydrogen-bond acceptors (Lipinski definition) is 4. The van der Waals surface area contributed by atoms with E-state index >= 15 is 0 Å². The van der Waals surface area contributed by atoms with Crippen molar-refractivity contribution < 1.29 is 14.7 Å². The highest BCUT2D eigenvalue weighted by atomic mass is 32.2. The van der Waals surface area contributed by atoms with Crippen molar-refractivity contribution in [3.8, 4) is 0 Å². The molecule has 0 aliphatic rings. The molecule has 0 aliphatic carbocycles. The summed E-state index contributed by atoms with van der Waals surface area (Å²) in [6, 6.07) is -1.31. The molecule has 0 fully saturated rings. The van der Waals surface area contributed by atoms with Crippen LogP contribution in [0.1, 0.15) is 13.3 Å². The number of urea groups is 1. The minimum absolute atomic E-state index is 0.00581. The van der Waals surface area contributed by atoms with E-state index in [2.05, 4.69) is 10.6 Å². The molecule has 0 saturated carbocycles. The molecule has 0 bridgehead atoms. The van der Waals surface area contributed by atoms with Gasteiger partial charge in [0.2, 0.25) is 5.91 Å². The maximum Gasteiger partial charge on any atom is 0.312 e. The Bertz CT molecular complexity index is 251. The van der Waals surface area contributed by atoms with Crippen molar-refractivity contribution in [2.45, 2.75) is 19.4 Å². The lowest BCUT2D eigenvalue weighted by molar-refractivity contribution is -0.123. The van der Waals surface area contributed by atoms with E-state index in [4.69, 9.17) is 10.8 Å². The fourth-order valence-corrected chi connectivity index (χ4v) is 1.61. The second-order valence-electron chi connectivity index (χ2n) is 3.88. The first-order valence-corrected chi connectivity index (χ1v) is 6.84. The van der Waals surface area contributed by atoms with Gasteiger partial charge < -0.3 is 21.5 Å². The molecule has 2 unspecified atom stereocenters. The van der Waals surface area contributed by atoms with E-state index in [1.165, 1.54) is 0 Å². The number of hydrogen-bond donors (Lipinski definition) is 4. The predicted octanol–water partition coefficient (Wildman–Crippen LogP) is -0.479. The minimum atomic E-state index is -0.707. The summed E-state index contributed by atoms with van der Waals surface area (Å²) in [5, 5.41) is 13.9. The van der Waals surface area contributed by atoms with Gasteiger partial charge in [-0.05, 0) is 24.3 Å². The van der Waals surface area contributed by atoms with Gasteiger partial charge in [0.1, 0.15) is 6.04 Å². The van der Waals surface area contributed by atoms with Crippen molar-refractivity contribution >= 4 is 23.7 Å². The van der Waals surface area contributed by atoms with Crippen LogP contribution in [0.5, 0.6) is 0 Å². The first kappa shape index (κ1) is 16.1. The first-order valence-electron chi connectivity index (χ1n) is 5.44. The molecule has 2 atom stereocenters. The van der Waals surface area contributed by atoms with Gasteiger partial charge in [-0.2, -0.15) is 11.8 Å². The van der Waals surface area contributed by atoms with Gasteiger partial charge in [-0.1, -0.05) is 6.92 Å². The standard InChI is InChI=1S/C10H21N3O3S/c1-7(6-14)5-12-9(15)8(3-4-17-2)13-10(11)16/h7-8,14H,3-6H2,1-2H3,(H,12,15)(H3,11,13,16). The maximum absolute atomic E-state index is 11.7.